The molecule has 1 N–H and O–H groups in total. The number of hydrogen-bond donors (Lipinski definition) is 1. The first-order valence-electron chi connectivity index (χ1n) is 6.32. The zero-order chi connectivity index (χ0) is 14.8. The predicted molar refractivity (Wildman–Crippen MR) is 77.0 cm³/mol. The van der Waals surface area contributed by atoms with Gasteiger partial charge in [0.1, 0.15) is 0 Å². The van der Waals surface area contributed by atoms with Crippen molar-refractivity contribution in [2.45, 2.75) is 6.92 Å². The molecule has 106 valence electrons. The Hall–Kier alpha value is -2.96. The third-order valence-electron chi connectivity index (χ3n) is 3.01. The molecule has 0 aliphatic heterocycles. The van der Waals surface area contributed by atoms with E-state index in [9.17, 15) is 4.79 Å². The van der Waals surface area contributed by atoms with Crippen molar-refractivity contribution in [1.29, 1.82) is 0 Å². The summed E-state index contributed by atoms with van der Waals surface area (Å²) in [6.07, 6.45) is -0.509. The van der Waals surface area contributed by atoms with Crippen LogP contribution < -0.4 is 5.32 Å². The van der Waals surface area contributed by atoms with Crippen LogP contribution in [0.15, 0.2) is 36.4 Å². The first-order chi connectivity index (χ1) is 10.2. The molecule has 0 fully saturated rings. The number of nitrogens with zero attached hydrogens (tertiary/aromatic N) is 4. The highest BCUT2D eigenvalue weighted by Gasteiger charge is 2.07. The first-order valence-corrected chi connectivity index (χ1v) is 6.32. The van der Waals surface area contributed by atoms with Gasteiger partial charge >= 0.3 is 6.09 Å². The maximum Gasteiger partial charge on any atom is 0.411 e. The molecule has 21 heavy (non-hydrogen) atoms. The Morgan fingerprint density at radius 3 is 2.90 bits per heavy atom. The lowest BCUT2D eigenvalue weighted by Gasteiger charge is -2.06. The molecule has 0 unspecified atom stereocenters. The lowest BCUT2D eigenvalue weighted by atomic mass is 10.1. The second-order valence-electron chi connectivity index (χ2n) is 4.43. The molecule has 2 heterocycles. The summed E-state index contributed by atoms with van der Waals surface area (Å²) in [5.74, 6) is 0.718. The molecule has 0 aliphatic rings. The fraction of sp³-hybridized carbons (Fsp3) is 0.143. The van der Waals surface area contributed by atoms with Gasteiger partial charge in [-0.1, -0.05) is 12.1 Å². The minimum atomic E-state index is -0.509. The number of benzene rings is 1. The molecule has 0 radical (unpaired) electrons. The molecular formula is C14H13N5O2. The first kappa shape index (κ1) is 13.0. The average molecular weight is 283 g/mol. The standard InChI is InChI=1S/C14H13N5O2/c1-9-16-17-13-7-6-12(18-19(9)13)10-4-3-5-11(8-10)15-14(20)21-2/h3-8H,1-2H3,(H,15,20). The summed E-state index contributed by atoms with van der Waals surface area (Å²) < 4.78 is 6.25. The Morgan fingerprint density at radius 1 is 1.24 bits per heavy atom. The van der Waals surface area contributed by atoms with E-state index in [-0.39, 0.29) is 0 Å². The highest BCUT2D eigenvalue weighted by atomic mass is 16.5. The summed E-state index contributed by atoms with van der Waals surface area (Å²) in [6, 6.07) is 11.1. The van der Waals surface area contributed by atoms with Crippen molar-refractivity contribution in [3.63, 3.8) is 0 Å². The van der Waals surface area contributed by atoms with E-state index in [4.69, 9.17) is 0 Å². The van der Waals surface area contributed by atoms with E-state index in [2.05, 4.69) is 25.3 Å². The third-order valence-corrected chi connectivity index (χ3v) is 3.01. The molecule has 0 bridgehead atoms. The van der Waals surface area contributed by atoms with E-state index in [1.807, 2.05) is 37.3 Å². The Kier molecular flexibility index (Phi) is 3.23. The summed E-state index contributed by atoms with van der Waals surface area (Å²) in [5, 5.41) is 15.1. The van der Waals surface area contributed by atoms with Crippen molar-refractivity contribution in [1.82, 2.24) is 19.8 Å². The van der Waals surface area contributed by atoms with Crippen LogP contribution >= 0.6 is 0 Å². The Bertz CT molecular complexity index is 812. The number of aromatic nitrogens is 4. The Morgan fingerprint density at radius 2 is 2.10 bits per heavy atom. The van der Waals surface area contributed by atoms with E-state index in [0.29, 0.717) is 11.3 Å². The van der Waals surface area contributed by atoms with E-state index in [1.54, 1.807) is 10.6 Å². The van der Waals surface area contributed by atoms with Crippen LogP contribution in [0.3, 0.4) is 0 Å². The molecule has 0 spiro atoms. The molecule has 1 amide bonds. The zero-order valence-corrected chi connectivity index (χ0v) is 11.6. The number of methoxy groups -OCH3 is 1. The van der Waals surface area contributed by atoms with Crippen LogP contribution in [0.5, 0.6) is 0 Å². The molecule has 0 atom stereocenters. The summed E-state index contributed by atoms with van der Waals surface area (Å²) in [6.45, 7) is 1.84. The number of nitrogens with one attached hydrogen (secondary N) is 1. The average Bonchev–Trinajstić information content (AvgIpc) is 2.88. The van der Waals surface area contributed by atoms with Crippen molar-refractivity contribution >= 4 is 17.4 Å². The number of aryl methyl sites for hydroxylation is 1. The number of anilines is 1. The highest BCUT2D eigenvalue weighted by molar-refractivity contribution is 5.85. The van der Waals surface area contributed by atoms with Gasteiger partial charge in [-0.15, -0.1) is 10.2 Å². The van der Waals surface area contributed by atoms with Crippen LogP contribution in [-0.4, -0.2) is 33.0 Å². The summed E-state index contributed by atoms with van der Waals surface area (Å²) in [5.41, 5.74) is 2.97. The fourth-order valence-electron chi connectivity index (χ4n) is 1.98. The summed E-state index contributed by atoms with van der Waals surface area (Å²) in [4.78, 5) is 11.2. The second kappa shape index (κ2) is 5.20. The molecule has 3 rings (SSSR count). The quantitative estimate of drug-likeness (QED) is 0.780. The van der Waals surface area contributed by atoms with E-state index < -0.39 is 6.09 Å². The van der Waals surface area contributed by atoms with Gasteiger partial charge in [0, 0.05) is 11.3 Å². The van der Waals surface area contributed by atoms with Crippen molar-refractivity contribution in [2.75, 3.05) is 12.4 Å². The van der Waals surface area contributed by atoms with Crippen LogP contribution in [0.25, 0.3) is 16.9 Å². The van der Waals surface area contributed by atoms with E-state index >= 15 is 0 Å². The molecule has 7 nitrogen and oxygen atoms in total. The van der Waals surface area contributed by atoms with Crippen molar-refractivity contribution in [2.24, 2.45) is 0 Å². The van der Waals surface area contributed by atoms with Gasteiger partial charge in [0.15, 0.2) is 11.5 Å². The Balaban J connectivity index is 1.99. The van der Waals surface area contributed by atoms with Crippen LogP contribution in [0.4, 0.5) is 10.5 Å². The second-order valence-corrected chi connectivity index (χ2v) is 4.43. The number of rotatable bonds is 2. The lowest BCUT2D eigenvalue weighted by Crippen LogP contribution is -2.10. The molecule has 7 heteroatoms. The lowest BCUT2D eigenvalue weighted by molar-refractivity contribution is 0.187. The van der Waals surface area contributed by atoms with Gasteiger partial charge in [-0.05, 0) is 31.2 Å². The van der Waals surface area contributed by atoms with Crippen LogP contribution in [0.2, 0.25) is 0 Å². The van der Waals surface area contributed by atoms with Crippen molar-refractivity contribution < 1.29 is 9.53 Å². The van der Waals surface area contributed by atoms with Gasteiger partial charge in [0.25, 0.3) is 0 Å². The van der Waals surface area contributed by atoms with Gasteiger partial charge in [-0.25, -0.2) is 4.79 Å². The van der Waals surface area contributed by atoms with Gasteiger partial charge in [0.2, 0.25) is 0 Å². The molecule has 3 aromatic rings. The van der Waals surface area contributed by atoms with Crippen LogP contribution in [0.1, 0.15) is 5.82 Å². The monoisotopic (exact) mass is 283 g/mol. The van der Waals surface area contributed by atoms with Gasteiger partial charge in [0.05, 0.1) is 12.8 Å². The number of carbonyl (C=O) groups is 1. The van der Waals surface area contributed by atoms with Crippen molar-refractivity contribution in [3.05, 3.63) is 42.2 Å². The predicted octanol–water partition coefficient (Wildman–Crippen LogP) is 2.28. The number of ether oxygens (including phenoxy) is 1. The number of amides is 1. The SMILES string of the molecule is COC(=O)Nc1cccc(-c2ccc3nnc(C)n3n2)c1. The fourth-order valence-corrected chi connectivity index (χ4v) is 1.98. The molecule has 0 aliphatic carbocycles. The maximum absolute atomic E-state index is 11.2. The molecule has 0 saturated heterocycles. The van der Waals surface area contributed by atoms with Crippen LogP contribution in [0, 0.1) is 6.92 Å². The van der Waals surface area contributed by atoms with Gasteiger partial charge in [-0.2, -0.15) is 9.61 Å². The Labute approximate surface area is 120 Å². The topological polar surface area (TPSA) is 81.4 Å². The zero-order valence-electron chi connectivity index (χ0n) is 11.6. The minimum absolute atomic E-state index is 0.509. The maximum atomic E-state index is 11.2. The normalized spacial score (nSPS) is 10.6. The molecular weight excluding hydrogens is 270 g/mol. The van der Waals surface area contributed by atoms with Gasteiger partial charge in [-0.3, -0.25) is 5.32 Å². The van der Waals surface area contributed by atoms with Gasteiger partial charge < -0.3 is 4.74 Å². The number of carbonyl (C=O) groups excluding carboxylic acids is 1. The summed E-state index contributed by atoms with van der Waals surface area (Å²) >= 11 is 0. The minimum Gasteiger partial charge on any atom is -0.453 e. The number of fused-ring (bicyclic) bond motifs is 1. The number of hydrogen-bond acceptors (Lipinski definition) is 5. The van der Waals surface area contributed by atoms with E-state index in [1.165, 1.54) is 7.11 Å². The molecule has 0 saturated carbocycles. The summed E-state index contributed by atoms with van der Waals surface area (Å²) in [7, 11) is 1.32. The smallest absolute Gasteiger partial charge is 0.411 e. The molecule has 2 aromatic heterocycles. The largest absolute Gasteiger partial charge is 0.453 e. The third kappa shape index (κ3) is 2.53. The van der Waals surface area contributed by atoms with Crippen molar-refractivity contribution in [3.8, 4) is 11.3 Å². The van der Waals surface area contributed by atoms with Crippen LogP contribution in [-0.2, 0) is 4.74 Å². The highest BCUT2D eigenvalue weighted by Crippen LogP contribution is 2.21. The van der Waals surface area contributed by atoms with E-state index in [0.717, 1.165) is 17.1 Å². The molecule has 1 aromatic carbocycles.